The van der Waals surface area contributed by atoms with Crippen LogP contribution in [0.3, 0.4) is 0 Å². The molecule has 0 bridgehead atoms. The Labute approximate surface area is 92.9 Å². The molecule has 1 heterocycles. The molecule has 2 rings (SSSR count). The van der Waals surface area contributed by atoms with Crippen molar-refractivity contribution in [3.05, 3.63) is 42.1 Å². The third-order valence-corrected chi connectivity index (χ3v) is 2.12. The van der Waals surface area contributed by atoms with Crippen molar-refractivity contribution >= 4 is 6.29 Å². The number of hydrogen-bond acceptors (Lipinski definition) is 4. The van der Waals surface area contributed by atoms with Crippen LogP contribution in [0, 0.1) is 0 Å². The number of aldehydes is 1. The fourth-order valence-corrected chi connectivity index (χ4v) is 1.35. The number of ether oxygens (including phenoxy) is 1. The van der Waals surface area contributed by atoms with Gasteiger partial charge in [0, 0.05) is 23.4 Å². The van der Waals surface area contributed by atoms with E-state index in [0.29, 0.717) is 17.3 Å². The molecule has 4 heteroatoms. The van der Waals surface area contributed by atoms with Crippen LogP contribution in [0.5, 0.6) is 5.88 Å². The lowest BCUT2D eigenvalue weighted by molar-refractivity contribution is 0.112. The van der Waals surface area contributed by atoms with Crippen LogP contribution in [-0.2, 0) is 0 Å². The van der Waals surface area contributed by atoms with Crippen LogP contribution in [0.1, 0.15) is 10.4 Å². The molecule has 2 aromatic rings. The summed E-state index contributed by atoms with van der Waals surface area (Å²) in [6, 6.07) is 8.79. The van der Waals surface area contributed by atoms with E-state index < -0.39 is 0 Å². The standard InChI is InChI=1S/C12H10N2O2/c1-16-11-5-6-13-12(14-11)10-4-2-3-9(7-10)8-15/h2-8H,1H3. The van der Waals surface area contributed by atoms with Crippen molar-refractivity contribution in [2.45, 2.75) is 0 Å². The Morgan fingerprint density at radius 1 is 1.31 bits per heavy atom. The maximum atomic E-state index is 10.6. The number of carbonyl (C=O) groups excluding carboxylic acids is 1. The molecule has 0 N–H and O–H groups in total. The molecule has 0 radical (unpaired) electrons. The smallest absolute Gasteiger partial charge is 0.216 e. The van der Waals surface area contributed by atoms with Crippen LogP contribution in [0.15, 0.2) is 36.5 Å². The Balaban J connectivity index is 2.45. The minimum Gasteiger partial charge on any atom is -0.481 e. The second-order valence-corrected chi connectivity index (χ2v) is 3.17. The molecule has 0 saturated heterocycles. The maximum absolute atomic E-state index is 10.6. The first-order chi connectivity index (χ1) is 7.83. The molecule has 0 saturated carbocycles. The number of rotatable bonds is 3. The maximum Gasteiger partial charge on any atom is 0.216 e. The zero-order valence-electron chi connectivity index (χ0n) is 8.75. The van der Waals surface area contributed by atoms with E-state index in [-0.39, 0.29) is 0 Å². The van der Waals surface area contributed by atoms with Crippen molar-refractivity contribution in [3.63, 3.8) is 0 Å². The molecule has 80 valence electrons. The van der Waals surface area contributed by atoms with Crippen molar-refractivity contribution in [1.29, 1.82) is 0 Å². The lowest BCUT2D eigenvalue weighted by atomic mass is 10.1. The molecule has 0 fully saturated rings. The number of carbonyl (C=O) groups is 1. The Morgan fingerprint density at radius 3 is 2.94 bits per heavy atom. The van der Waals surface area contributed by atoms with Gasteiger partial charge in [0.2, 0.25) is 5.88 Å². The van der Waals surface area contributed by atoms with E-state index in [0.717, 1.165) is 11.8 Å². The molecule has 0 aliphatic rings. The largest absolute Gasteiger partial charge is 0.481 e. The summed E-state index contributed by atoms with van der Waals surface area (Å²) in [5.74, 6) is 1.05. The van der Waals surface area contributed by atoms with E-state index >= 15 is 0 Å². The lowest BCUT2D eigenvalue weighted by Crippen LogP contribution is -1.93. The van der Waals surface area contributed by atoms with E-state index in [1.54, 1.807) is 37.6 Å². The molecule has 0 atom stereocenters. The predicted molar refractivity (Wildman–Crippen MR) is 59.4 cm³/mol. The van der Waals surface area contributed by atoms with Gasteiger partial charge in [0.05, 0.1) is 7.11 Å². The highest BCUT2D eigenvalue weighted by atomic mass is 16.5. The first kappa shape index (κ1) is 10.3. The van der Waals surface area contributed by atoms with E-state index in [1.807, 2.05) is 6.07 Å². The van der Waals surface area contributed by atoms with E-state index in [9.17, 15) is 4.79 Å². The van der Waals surface area contributed by atoms with Gasteiger partial charge in [-0.2, -0.15) is 4.98 Å². The van der Waals surface area contributed by atoms with Gasteiger partial charge >= 0.3 is 0 Å². The van der Waals surface area contributed by atoms with Gasteiger partial charge < -0.3 is 4.74 Å². The van der Waals surface area contributed by atoms with Crippen LogP contribution < -0.4 is 4.74 Å². The first-order valence-electron chi connectivity index (χ1n) is 4.76. The summed E-state index contributed by atoms with van der Waals surface area (Å²) in [7, 11) is 1.55. The first-order valence-corrected chi connectivity index (χ1v) is 4.76. The third-order valence-electron chi connectivity index (χ3n) is 2.12. The molecule has 0 aliphatic carbocycles. The average Bonchev–Trinajstić information content (AvgIpc) is 2.39. The number of hydrogen-bond donors (Lipinski definition) is 0. The molecule has 0 aliphatic heterocycles. The van der Waals surface area contributed by atoms with Gasteiger partial charge in [-0.15, -0.1) is 0 Å². The summed E-state index contributed by atoms with van der Waals surface area (Å²) < 4.78 is 5.01. The summed E-state index contributed by atoms with van der Waals surface area (Å²) in [6.45, 7) is 0. The van der Waals surface area contributed by atoms with Gasteiger partial charge in [-0.05, 0) is 6.07 Å². The van der Waals surface area contributed by atoms with Gasteiger partial charge in [0.1, 0.15) is 6.29 Å². The van der Waals surface area contributed by atoms with Gasteiger partial charge in [-0.1, -0.05) is 18.2 Å². The summed E-state index contributed by atoms with van der Waals surface area (Å²) in [5, 5.41) is 0. The summed E-state index contributed by atoms with van der Waals surface area (Å²) in [4.78, 5) is 19.0. The normalized spacial score (nSPS) is 9.81. The average molecular weight is 214 g/mol. The lowest BCUT2D eigenvalue weighted by Gasteiger charge is -2.02. The summed E-state index contributed by atoms with van der Waals surface area (Å²) in [5.41, 5.74) is 1.40. The molecule has 4 nitrogen and oxygen atoms in total. The van der Waals surface area contributed by atoms with E-state index in [1.165, 1.54) is 0 Å². The van der Waals surface area contributed by atoms with Gasteiger partial charge in [0.25, 0.3) is 0 Å². The minimum atomic E-state index is 0.501. The monoisotopic (exact) mass is 214 g/mol. The minimum absolute atomic E-state index is 0.501. The topological polar surface area (TPSA) is 52.1 Å². The number of methoxy groups -OCH3 is 1. The summed E-state index contributed by atoms with van der Waals surface area (Å²) in [6.07, 6.45) is 2.42. The van der Waals surface area contributed by atoms with Gasteiger partial charge in [-0.3, -0.25) is 4.79 Å². The molecule has 0 amide bonds. The quantitative estimate of drug-likeness (QED) is 0.733. The Kier molecular flexibility index (Phi) is 2.91. The van der Waals surface area contributed by atoms with Crippen molar-refractivity contribution in [2.24, 2.45) is 0 Å². The number of aromatic nitrogens is 2. The summed E-state index contributed by atoms with van der Waals surface area (Å²) >= 11 is 0. The number of benzene rings is 1. The van der Waals surface area contributed by atoms with Crippen molar-refractivity contribution in [2.75, 3.05) is 7.11 Å². The number of nitrogens with zero attached hydrogens (tertiary/aromatic N) is 2. The van der Waals surface area contributed by atoms with Crippen molar-refractivity contribution in [3.8, 4) is 17.3 Å². The predicted octanol–water partition coefficient (Wildman–Crippen LogP) is 1.96. The Hall–Kier alpha value is -2.23. The highest BCUT2D eigenvalue weighted by Gasteiger charge is 2.03. The fraction of sp³-hybridized carbons (Fsp3) is 0.0833. The second-order valence-electron chi connectivity index (χ2n) is 3.17. The third kappa shape index (κ3) is 2.06. The molecule has 1 aromatic carbocycles. The molecule has 0 unspecified atom stereocenters. The van der Waals surface area contributed by atoms with Crippen LogP contribution in [0.25, 0.3) is 11.4 Å². The zero-order valence-corrected chi connectivity index (χ0v) is 8.75. The van der Waals surface area contributed by atoms with Gasteiger partial charge in [-0.25, -0.2) is 4.98 Å². The molecule has 0 spiro atoms. The van der Waals surface area contributed by atoms with E-state index in [2.05, 4.69) is 9.97 Å². The van der Waals surface area contributed by atoms with Crippen LogP contribution in [-0.4, -0.2) is 23.4 Å². The van der Waals surface area contributed by atoms with Crippen molar-refractivity contribution < 1.29 is 9.53 Å². The molecular formula is C12H10N2O2. The zero-order chi connectivity index (χ0) is 11.4. The van der Waals surface area contributed by atoms with Crippen LogP contribution in [0.2, 0.25) is 0 Å². The highest BCUT2D eigenvalue weighted by molar-refractivity contribution is 5.77. The second kappa shape index (κ2) is 4.53. The van der Waals surface area contributed by atoms with E-state index in [4.69, 9.17) is 4.74 Å². The fourth-order valence-electron chi connectivity index (χ4n) is 1.35. The molecular weight excluding hydrogens is 204 g/mol. The molecule has 1 aromatic heterocycles. The SMILES string of the molecule is COc1ccnc(-c2cccc(C=O)c2)n1. The van der Waals surface area contributed by atoms with Gasteiger partial charge in [0.15, 0.2) is 5.82 Å². The van der Waals surface area contributed by atoms with Crippen LogP contribution >= 0.6 is 0 Å². The Morgan fingerprint density at radius 2 is 2.19 bits per heavy atom. The van der Waals surface area contributed by atoms with Crippen molar-refractivity contribution in [1.82, 2.24) is 9.97 Å². The molecule has 16 heavy (non-hydrogen) atoms. The highest BCUT2D eigenvalue weighted by Crippen LogP contribution is 2.17. The van der Waals surface area contributed by atoms with Crippen LogP contribution in [0.4, 0.5) is 0 Å². The Bertz CT molecular complexity index is 512.